The van der Waals surface area contributed by atoms with E-state index in [4.69, 9.17) is 11.6 Å². The number of hydrogen-bond acceptors (Lipinski definition) is 5. The van der Waals surface area contributed by atoms with Crippen LogP contribution in [0.25, 0.3) is 22.0 Å². The molecule has 0 saturated heterocycles. The van der Waals surface area contributed by atoms with E-state index in [2.05, 4.69) is 25.8 Å². The Labute approximate surface area is 188 Å². The molecule has 0 unspecified atom stereocenters. The normalized spacial score (nSPS) is 14.5. The van der Waals surface area contributed by atoms with Crippen LogP contribution in [0.1, 0.15) is 48.5 Å². The molecule has 0 radical (unpaired) electrons. The number of H-pyrrole nitrogens is 1. The topological polar surface area (TPSA) is 106 Å². The van der Waals surface area contributed by atoms with Crippen molar-refractivity contribution in [3.05, 3.63) is 69.7 Å². The van der Waals surface area contributed by atoms with Gasteiger partial charge in [0.2, 0.25) is 0 Å². The average Bonchev–Trinajstić information content (AvgIpc) is 3.35. The van der Waals surface area contributed by atoms with Crippen molar-refractivity contribution in [2.75, 3.05) is 5.32 Å². The Balaban J connectivity index is 1.45. The molecule has 9 heteroatoms. The molecule has 0 atom stereocenters. The van der Waals surface area contributed by atoms with Gasteiger partial charge in [0, 0.05) is 22.8 Å². The van der Waals surface area contributed by atoms with Gasteiger partial charge in [0.15, 0.2) is 0 Å². The van der Waals surface area contributed by atoms with E-state index in [0.29, 0.717) is 32.9 Å². The summed E-state index contributed by atoms with van der Waals surface area (Å²) in [5.41, 5.74) is 2.02. The van der Waals surface area contributed by atoms with Gasteiger partial charge in [0.25, 0.3) is 11.5 Å². The van der Waals surface area contributed by atoms with Crippen molar-refractivity contribution >= 4 is 34.0 Å². The highest BCUT2D eigenvalue weighted by Crippen LogP contribution is 2.28. The van der Waals surface area contributed by atoms with Crippen molar-refractivity contribution in [1.29, 1.82) is 0 Å². The van der Waals surface area contributed by atoms with Crippen LogP contribution in [0.2, 0.25) is 5.02 Å². The van der Waals surface area contributed by atoms with E-state index in [1.807, 2.05) is 0 Å². The summed E-state index contributed by atoms with van der Waals surface area (Å²) in [4.78, 5) is 26.1. The van der Waals surface area contributed by atoms with Gasteiger partial charge in [-0.05, 0) is 37.1 Å². The predicted octanol–water partition coefficient (Wildman–Crippen LogP) is 4.59. The summed E-state index contributed by atoms with van der Waals surface area (Å²) in [5, 5.41) is 19.2. The van der Waals surface area contributed by atoms with Gasteiger partial charge in [-0.3, -0.25) is 14.7 Å². The minimum Gasteiger partial charge on any atom is -0.322 e. The van der Waals surface area contributed by atoms with Gasteiger partial charge in [-0.1, -0.05) is 48.2 Å². The summed E-state index contributed by atoms with van der Waals surface area (Å²) in [5.74, 6) is -0.374. The molecular weight excluding hydrogens is 428 g/mol. The fourth-order valence-corrected chi connectivity index (χ4v) is 4.42. The zero-order valence-corrected chi connectivity index (χ0v) is 18.0. The standard InChI is InChI=1S/C23H21ClN6O2/c24-20-9-7-14(21-13-25-29-28-21)10-19(20)22(31)27-16-8-6-15-12-26-30(23(32)18(15)11-16)17-4-2-1-3-5-17/h6-13,17H,1-5H2,(H,27,31)(H,25,28,29). The summed E-state index contributed by atoms with van der Waals surface area (Å²) in [6.07, 6.45) is 8.72. The highest BCUT2D eigenvalue weighted by atomic mass is 35.5. The Morgan fingerprint density at radius 1 is 1.12 bits per heavy atom. The van der Waals surface area contributed by atoms with Crippen molar-refractivity contribution in [3.63, 3.8) is 0 Å². The molecule has 4 aromatic rings. The minimum atomic E-state index is -0.374. The summed E-state index contributed by atoms with van der Waals surface area (Å²) in [6, 6.07) is 10.5. The van der Waals surface area contributed by atoms with Crippen LogP contribution in [-0.4, -0.2) is 31.1 Å². The smallest absolute Gasteiger partial charge is 0.274 e. The molecule has 5 rings (SSSR count). The highest BCUT2D eigenvalue weighted by Gasteiger charge is 2.19. The van der Waals surface area contributed by atoms with E-state index in [1.54, 1.807) is 53.5 Å². The lowest BCUT2D eigenvalue weighted by atomic mass is 9.95. The Kier molecular flexibility index (Phi) is 5.45. The average molecular weight is 449 g/mol. The molecule has 2 aromatic carbocycles. The molecule has 1 aliphatic rings. The zero-order valence-electron chi connectivity index (χ0n) is 17.2. The van der Waals surface area contributed by atoms with Crippen LogP contribution in [0.3, 0.4) is 0 Å². The summed E-state index contributed by atoms with van der Waals surface area (Å²) < 4.78 is 1.60. The summed E-state index contributed by atoms with van der Waals surface area (Å²) in [6.45, 7) is 0. The SMILES string of the molecule is O=C(Nc1ccc2cnn(C3CCCCC3)c(=O)c2c1)c1cc(-c2c[nH]nn2)ccc1Cl. The number of carbonyl (C=O) groups is 1. The van der Waals surface area contributed by atoms with Crippen LogP contribution < -0.4 is 10.9 Å². The third kappa shape index (κ3) is 3.89. The first-order chi connectivity index (χ1) is 15.6. The third-order valence-electron chi connectivity index (χ3n) is 5.91. The largest absolute Gasteiger partial charge is 0.322 e. The highest BCUT2D eigenvalue weighted by molar-refractivity contribution is 6.34. The lowest BCUT2D eigenvalue weighted by Gasteiger charge is -2.22. The van der Waals surface area contributed by atoms with Gasteiger partial charge in [-0.15, -0.1) is 5.10 Å². The number of nitrogens with one attached hydrogen (secondary N) is 2. The van der Waals surface area contributed by atoms with Crippen LogP contribution in [0.5, 0.6) is 0 Å². The fourth-order valence-electron chi connectivity index (χ4n) is 4.22. The van der Waals surface area contributed by atoms with E-state index in [1.165, 1.54) is 6.42 Å². The van der Waals surface area contributed by atoms with Gasteiger partial charge in [-0.2, -0.15) is 5.10 Å². The van der Waals surface area contributed by atoms with Gasteiger partial charge >= 0.3 is 0 Å². The Morgan fingerprint density at radius 2 is 1.97 bits per heavy atom. The monoisotopic (exact) mass is 448 g/mol. The molecule has 0 spiro atoms. The molecule has 1 saturated carbocycles. The van der Waals surface area contributed by atoms with Crippen LogP contribution in [0.15, 0.2) is 53.6 Å². The molecule has 1 fully saturated rings. The number of anilines is 1. The third-order valence-corrected chi connectivity index (χ3v) is 6.24. The van der Waals surface area contributed by atoms with Gasteiger partial charge < -0.3 is 5.32 Å². The summed E-state index contributed by atoms with van der Waals surface area (Å²) >= 11 is 6.28. The van der Waals surface area contributed by atoms with Gasteiger partial charge in [0.05, 0.1) is 28.2 Å². The molecule has 1 amide bonds. The van der Waals surface area contributed by atoms with Gasteiger partial charge in [0.1, 0.15) is 5.69 Å². The number of nitrogens with zero attached hydrogens (tertiary/aromatic N) is 4. The molecule has 8 nitrogen and oxygen atoms in total. The van der Waals surface area contributed by atoms with Crippen LogP contribution in [0.4, 0.5) is 5.69 Å². The second-order valence-electron chi connectivity index (χ2n) is 8.00. The van der Waals surface area contributed by atoms with E-state index < -0.39 is 0 Å². The van der Waals surface area contributed by atoms with E-state index in [0.717, 1.165) is 31.1 Å². The second-order valence-corrected chi connectivity index (χ2v) is 8.40. The molecule has 2 heterocycles. The van der Waals surface area contributed by atoms with Crippen LogP contribution in [-0.2, 0) is 0 Å². The first-order valence-corrected chi connectivity index (χ1v) is 11.0. The molecule has 1 aliphatic carbocycles. The molecule has 162 valence electrons. The number of rotatable bonds is 4. The van der Waals surface area contributed by atoms with Gasteiger partial charge in [-0.25, -0.2) is 4.68 Å². The minimum absolute atomic E-state index is 0.128. The van der Waals surface area contributed by atoms with Crippen molar-refractivity contribution in [3.8, 4) is 11.3 Å². The number of fused-ring (bicyclic) bond motifs is 1. The molecule has 0 bridgehead atoms. The predicted molar refractivity (Wildman–Crippen MR) is 123 cm³/mol. The van der Waals surface area contributed by atoms with Crippen molar-refractivity contribution in [2.45, 2.75) is 38.1 Å². The fraction of sp³-hybridized carbons (Fsp3) is 0.261. The number of halogens is 1. The molecule has 0 aliphatic heterocycles. The van der Waals surface area contributed by atoms with E-state index in [-0.39, 0.29) is 17.5 Å². The van der Waals surface area contributed by atoms with Crippen molar-refractivity contribution < 1.29 is 4.79 Å². The number of benzene rings is 2. The molecule has 2 aromatic heterocycles. The molecule has 32 heavy (non-hydrogen) atoms. The number of aromatic amines is 1. The van der Waals surface area contributed by atoms with Crippen molar-refractivity contribution in [2.24, 2.45) is 0 Å². The maximum absolute atomic E-state index is 13.1. The quantitative estimate of drug-likeness (QED) is 0.475. The van der Waals surface area contributed by atoms with Crippen LogP contribution in [0, 0.1) is 0 Å². The van der Waals surface area contributed by atoms with E-state index >= 15 is 0 Å². The van der Waals surface area contributed by atoms with Crippen LogP contribution >= 0.6 is 11.6 Å². The Morgan fingerprint density at radius 3 is 2.75 bits per heavy atom. The maximum atomic E-state index is 13.1. The van der Waals surface area contributed by atoms with Crippen molar-refractivity contribution in [1.82, 2.24) is 25.2 Å². The first kappa shape index (κ1) is 20.4. The van der Waals surface area contributed by atoms with E-state index in [9.17, 15) is 9.59 Å². The number of carbonyl (C=O) groups excluding carboxylic acids is 1. The molecular formula is C23H21ClN6O2. The number of aromatic nitrogens is 5. The Bertz CT molecular complexity index is 1340. The first-order valence-electron chi connectivity index (χ1n) is 10.6. The second kappa shape index (κ2) is 8.55. The lowest BCUT2D eigenvalue weighted by molar-refractivity contribution is 0.102. The Hall–Kier alpha value is -3.52. The zero-order chi connectivity index (χ0) is 22.1. The molecule has 2 N–H and O–H groups in total. The summed E-state index contributed by atoms with van der Waals surface area (Å²) in [7, 11) is 0. The lowest BCUT2D eigenvalue weighted by Crippen LogP contribution is -2.28. The number of hydrogen-bond donors (Lipinski definition) is 2. The maximum Gasteiger partial charge on any atom is 0.274 e. The number of amides is 1.